The van der Waals surface area contributed by atoms with Gasteiger partial charge in [0.1, 0.15) is 0 Å². The first-order chi connectivity index (χ1) is 10.1. The van der Waals surface area contributed by atoms with Gasteiger partial charge in [0, 0.05) is 18.6 Å². The number of hydrogen-bond donors (Lipinski definition) is 2. The minimum Gasteiger partial charge on any atom is -0.380 e. The molecule has 1 aliphatic heterocycles. The van der Waals surface area contributed by atoms with Gasteiger partial charge in [0.05, 0.1) is 18.2 Å². The van der Waals surface area contributed by atoms with Crippen LogP contribution in [0.3, 0.4) is 0 Å². The van der Waals surface area contributed by atoms with Crippen molar-refractivity contribution in [2.45, 2.75) is 43.4 Å². The summed E-state index contributed by atoms with van der Waals surface area (Å²) in [4.78, 5) is 13.5. The zero-order chi connectivity index (χ0) is 15.2. The third-order valence-electron chi connectivity index (χ3n) is 3.79. The topological polar surface area (TPSA) is 50.4 Å². The molecule has 1 heterocycles. The minimum absolute atomic E-state index is 0.0153. The average Bonchev–Trinajstić information content (AvgIpc) is 2.97. The molecular weight excluding hydrogens is 284 g/mol. The summed E-state index contributed by atoms with van der Waals surface area (Å²) in [6, 6.07) is 8.27. The maximum atomic E-state index is 12.2. The molecule has 3 atom stereocenters. The van der Waals surface area contributed by atoms with Crippen LogP contribution in [0.15, 0.2) is 29.2 Å². The van der Waals surface area contributed by atoms with E-state index in [2.05, 4.69) is 41.8 Å². The van der Waals surface area contributed by atoms with Crippen molar-refractivity contribution in [2.75, 3.05) is 19.4 Å². The molecule has 1 unspecified atom stereocenters. The molecular formula is C16H24N2O2S. The Kier molecular flexibility index (Phi) is 6.08. The second-order valence-corrected chi connectivity index (χ2v) is 6.62. The van der Waals surface area contributed by atoms with Gasteiger partial charge in [-0.05, 0) is 36.8 Å². The van der Waals surface area contributed by atoms with E-state index in [-0.39, 0.29) is 24.1 Å². The number of carbonyl (C=O) groups excluding carboxylic acids is 1. The number of carbonyl (C=O) groups is 1. The zero-order valence-electron chi connectivity index (χ0n) is 12.9. The predicted octanol–water partition coefficient (Wildman–Crippen LogP) is 2.35. The summed E-state index contributed by atoms with van der Waals surface area (Å²) in [5.41, 5.74) is 1.13. The number of methoxy groups -OCH3 is 1. The maximum absolute atomic E-state index is 12.2. The van der Waals surface area contributed by atoms with Crippen molar-refractivity contribution in [1.29, 1.82) is 0 Å². The SMILES string of the molecule is CCSc1ccc(C(C)NC(=O)[C@H]2C[C@H](OC)CN2)cc1. The van der Waals surface area contributed by atoms with Crippen molar-refractivity contribution >= 4 is 17.7 Å². The second kappa shape index (κ2) is 7.82. The Morgan fingerprint density at radius 3 is 2.76 bits per heavy atom. The monoisotopic (exact) mass is 308 g/mol. The summed E-state index contributed by atoms with van der Waals surface area (Å²) < 4.78 is 5.27. The molecule has 0 aromatic heterocycles. The van der Waals surface area contributed by atoms with E-state index >= 15 is 0 Å². The Bertz CT molecular complexity index is 464. The van der Waals surface area contributed by atoms with Crippen LogP contribution in [-0.4, -0.2) is 37.5 Å². The first kappa shape index (κ1) is 16.3. The first-order valence-corrected chi connectivity index (χ1v) is 8.42. The van der Waals surface area contributed by atoms with Gasteiger partial charge < -0.3 is 15.4 Å². The summed E-state index contributed by atoms with van der Waals surface area (Å²) in [7, 11) is 1.69. The molecule has 0 saturated carbocycles. The Hall–Kier alpha value is -1.04. The van der Waals surface area contributed by atoms with E-state index in [1.165, 1.54) is 4.90 Å². The van der Waals surface area contributed by atoms with Crippen LogP contribution in [0.1, 0.15) is 31.9 Å². The molecule has 0 bridgehead atoms. The summed E-state index contributed by atoms with van der Waals surface area (Å²) in [5, 5.41) is 6.27. The van der Waals surface area contributed by atoms with Crippen LogP contribution < -0.4 is 10.6 Å². The molecule has 4 nitrogen and oxygen atoms in total. The molecule has 1 aromatic rings. The fourth-order valence-electron chi connectivity index (χ4n) is 2.50. The Morgan fingerprint density at radius 1 is 1.48 bits per heavy atom. The third-order valence-corrected chi connectivity index (χ3v) is 4.68. The van der Waals surface area contributed by atoms with Gasteiger partial charge in [-0.25, -0.2) is 0 Å². The van der Waals surface area contributed by atoms with E-state index in [4.69, 9.17) is 4.74 Å². The first-order valence-electron chi connectivity index (χ1n) is 7.43. The summed E-state index contributed by atoms with van der Waals surface area (Å²) in [5.74, 6) is 1.12. The number of amides is 1. The minimum atomic E-state index is -0.146. The molecule has 0 radical (unpaired) electrons. The fraction of sp³-hybridized carbons (Fsp3) is 0.562. The molecule has 0 spiro atoms. The van der Waals surface area contributed by atoms with E-state index < -0.39 is 0 Å². The molecule has 21 heavy (non-hydrogen) atoms. The Morgan fingerprint density at radius 2 is 2.19 bits per heavy atom. The lowest BCUT2D eigenvalue weighted by atomic mass is 10.1. The predicted molar refractivity (Wildman–Crippen MR) is 86.6 cm³/mol. The van der Waals surface area contributed by atoms with Crippen LogP contribution in [0.4, 0.5) is 0 Å². The molecule has 0 aliphatic carbocycles. The smallest absolute Gasteiger partial charge is 0.237 e. The van der Waals surface area contributed by atoms with Crippen LogP contribution in [-0.2, 0) is 9.53 Å². The van der Waals surface area contributed by atoms with Crippen molar-refractivity contribution in [3.05, 3.63) is 29.8 Å². The number of ether oxygens (including phenoxy) is 1. The molecule has 1 saturated heterocycles. The Balaban J connectivity index is 1.88. The molecule has 2 N–H and O–H groups in total. The van der Waals surface area contributed by atoms with Gasteiger partial charge in [-0.3, -0.25) is 4.79 Å². The van der Waals surface area contributed by atoms with Gasteiger partial charge in [0.2, 0.25) is 5.91 Å². The van der Waals surface area contributed by atoms with Gasteiger partial charge >= 0.3 is 0 Å². The molecule has 5 heteroatoms. The number of benzene rings is 1. The Labute approximate surface area is 131 Å². The maximum Gasteiger partial charge on any atom is 0.237 e. The molecule has 1 aromatic carbocycles. The van der Waals surface area contributed by atoms with E-state index in [0.717, 1.165) is 24.3 Å². The second-order valence-electron chi connectivity index (χ2n) is 5.29. The van der Waals surface area contributed by atoms with Crippen molar-refractivity contribution in [2.24, 2.45) is 0 Å². The highest BCUT2D eigenvalue weighted by atomic mass is 32.2. The van der Waals surface area contributed by atoms with Crippen LogP contribution >= 0.6 is 11.8 Å². The standard InChI is InChI=1S/C16H24N2O2S/c1-4-21-14-7-5-12(6-8-14)11(2)18-16(19)15-9-13(20-3)10-17-15/h5-8,11,13,15,17H,4,9-10H2,1-3H3,(H,18,19)/t11?,13-,15+/m0/s1. The van der Waals surface area contributed by atoms with Crippen molar-refractivity contribution in [1.82, 2.24) is 10.6 Å². The van der Waals surface area contributed by atoms with Crippen LogP contribution in [0.2, 0.25) is 0 Å². The quantitative estimate of drug-likeness (QED) is 0.792. The molecule has 116 valence electrons. The van der Waals surface area contributed by atoms with Crippen molar-refractivity contribution < 1.29 is 9.53 Å². The van der Waals surface area contributed by atoms with Crippen LogP contribution in [0.25, 0.3) is 0 Å². The molecule has 1 aliphatic rings. The van der Waals surface area contributed by atoms with E-state index in [0.29, 0.717) is 0 Å². The third kappa shape index (κ3) is 4.46. The lowest BCUT2D eigenvalue weighted by Gasteiger charge is -2.18. The normalized spacial score (nSPS) is 23.0. The largest absolute Gasteiger partial charge is 0.380 e. The van der Waals surface area contributed by atoms with E-state index in [1.54, 1.807) is 7.11 Å². The molecule has 2 rings (SSSR count). The lowest BCUT2D eigenvalue weighted by Crippen LogP contribution is -2.41. The average molecular weight is 308 g/mol. The zero-order valence-corrected chi connectivity index (χ0v) is 13.7. The van der Waals surface area contributed by atoms with Gasteiger partial charge in [-0.1, -0.05) is 19.1 Å². The number of hydrogen-bond acceptors (Lipinski definition) is 4. The highest BCUT2D eigenvalue weighted by Gasteiger charge is 2.29. The number of thioether (sulfide) groups is 1. The number of rotatable bonds is 6. The van der Waals surface area contributed by atoms with Crippen LogP contribution in [0.5, 0.6) is 0 Å². The van der Waals surface area contributed by atoms with Crippen molar-refractivity contribution in [3.63, 3.8) is 0 Å². The van der Waals surface area contributed by atoms with Gasteiger partial charge in [0.25, 0.3) is 0 Å². The van der Waals surface area contributed by atoms with Crippen LogP contribution in [0, 0.1) is 0 Å². The van der Waals surface area contributed by atoms with E-state index in [1.807, 2.05) is 18.7 Å². The highest BCUT2D eigenvalue weighted by Crippen LogP contribution is 2.21. The lowest BCUT2D eigenvalue weighted by molar-refractivity contribution is -0.123. The number of nitrogens with one attached hydrogen (secondary N) is 2. The van der Waals surface area contributed by atoms with Gasteiger partial charge in [-0.2, -0.15) is 0 Å². The summed E-state index contributed by atoms with van der Waals surface area (Å²) >= 11 is 1.82. The molecule has 1 fully saturated rings. The van der Waals surface area contributed by atoms with E-state index in [9.17, 15) is 4.79 Å². The van der Waals surface area contributed by atoms with Gasteiger partial charge in [-0.15, -0.1) is 11.8 Å². The van der Waals surface area contributed by atoms with Gasteiger partial charge in [0.15, 0.2) is 0 Å². The molecule has 1 amide bonds. The summed E-state index contributed by atoms with van der Waals surface area (Å²) in [6.45, 7) is 4.90. The summed E-state index contributed by atoms with van der Waals surface area (Å²) in [6.07, 6.45) is 0.877. The highest BCUT2D eigenvalue weighted by molar-refractivity contribution is 7.99. The fourth-order valence-corrected chi connectivity index (χ4v) is 3.16. The van der Waals surface area contributed by atoms with Crippen molar-refractivity contribution in [3.8, 4) is 0 Å².